The van der Waals surface area contributed by atoms with Crippen molar-refractivity contribution in [3.05, 3.63) is 5.82 Å². The Balaban J connectivity index is 1.88. The molecule has 0 radical (unpaired) electrons. The van der Waals surface area contributed by atoms with E-state index >= 15 is 0 Å². The summed E-state index contributed by atoms with van der Waals surface area (Å²) in [5.41, 5.74) is 0. The first-order chi connectivity index (χ1) is 7.28. The molecule has 1 aromatic rings. The van der Waals surface area contributed by atoms with Gasteiger partial charge in [-0.2, -0.15) is 4.80 Å². The van der Waals surface area contributed by atoms with Gasteiger partial charge in [-0.3, -0.25) is 4.90 Å². The topological polar surface area (TPSA) is 56.1 Å². The van der Waals surface area contributed by atoms with Gasteiger partial charge < -0.3 is 4.74 Å². The fraction of sp³-hybridized carbons (Fsp3) is 0.875. The second kappa shape index (κ2) is 5.00. The number of morpholine rings is 1. The van der Waals surface area contributed by atoms with Crippen molar-refractivity contribution in [1.29, 1.82) is 0 Å². The Morgan fingerprint density at radius 3 is 3.13 bits per heavy atom. The summed E-state index contributed by atoms with van der Waals surface area (Å²) in [5.74, 6) is 0.771. The van der Waals surface area contributed by atoms with Crippen LogP contribution < -0.4 is 0 Å². The van der Waals surface area contributed by atoms with Crippen LogP contribution in [0, 0.1) is 0 Å². The lowest BCUT2D eigenvalue weighted by Crippen LogP contribution is -2.42. The zero-order chi connectivity index (χ0) is 10.7. The van der Waals surface area contributed by atoms with Crippen LogP contribution in [0.4, 0.5) is 0 Å². The maximum Gasteiger partial charge on any atom is 0.188 e. The van der Waals surface area contributed by atoms with Crippen molar-refractivity contribution in [2.45, 2.75) is 12.6 Å². The number of ether oxygens (including phenoxy) is 1. The van der Waals surface area contributed by atoms with Gasteiger partial charge in [-0.15, -0.1) is 10.2 Å². The lowest BCUT2D eigenvalue weighted by molar-refractivity contribution is -0.0189. The average molecular weight is 276 g/mol. The zero-order valence-electron chi connectivity index (χ0n) is 8.64. The van der Waals surface area contributed by atoms with Crippen LogP contribution in [0.15, 0.2) is 0 Å². The summed E-state index contributed by atoms with van der Waals surface area (Å²) >= 11 is 3.43. The molecule has 1 saturated heterocycles. The third-order valence-corrected chi connectivity index (χ3v) is 3.03. The molecule has 2 rings (SSSR count). The van der Waals surface area contributed by atoms with E-state index in [0.29, 0.717) is 0 Å². The highest BCUT2D eigenvalue weighted by Crippen LogP contribution is 2.09. The molecule has 0 aliphatic carbocycles. The summed E-state index contributed by atoms with van der Waals surface area (Å²) in [4.78, 5) is 3.77. The van der Waals surface area contributed by atoms with Crippen LogP contribution >= 0.6 is 15.9 Å². The molecule has 0 saturated carbocycles. The summed E-state index contributed by atoms with van der Waals surface area (Å²) in [6.07, 6.45) is 0.274. The Hall–Kier alpha value is -0.530. The van der Waals surface area contributed by atoms with E-state index in [0.717, 1.165) is 37.4 Å². The quantitative estimate of drug-likeness (QED) is 0.716. The van der Waals surface area contributed by atoms with Crippen LogP contribution in [0.2, 0.25) is 0 Å². The highest BCUT2D eigenvalue weighted by Gasteiger charge is 2.20. The van der Waals surface area contributed by atoms with Gasteiger partial charge in [-0.1, -0.05) is 15.9 Å². The van der Waals surface area contributed by atoms with E-state index in [1.165, 1.54) is 4.80 Å². The number of tetrazole rings is 1. The Kier molecular flexibility index (Phi) is 3.66. The molecule has 6 nitrogen and oxygen atoms in total. The monoisotopic (exact) mass is 275 g/mol. The molecule has 0 bridgehead atoms. The highest BCUT2D eigenvalue weighted by molar-refractivity contribution is 9.09. The smallest absolute Gasteiger partial charge is 0.188 e. The molecule has 15 heavy (non-hydrogen) atoms. The Morgan fingerprint density at radius 2 is 2.47 bits per heavy atom. The molecule has 7 heteroatoms. The van der Waals surface area contributed by atoms with Gasteiger partial charge in [0.15, 0.2) is 5.82 Å². The molecule has 0 N–H and O–H groups in total. The van der Waals surface area contributed by atoms with Gasteiger partial charge in [0.25, 0.3) is 0 Å². The number of halogens is 1. The van der Waals surface area contributed by atoms with Crippen molar-refractivity contribution in [3.63, 3.8) is 0 Å². The van der Waals surface area contributed by atoms with E-state index in [2.05, 4.69) is 36.2 Å². The minimum absolute atomic E-state index is 0.274. The molecule has 2 heterocycles. The van der Waals surface area contributed by atoms with Crippen LogP contribution in [0.1, 0.15) is 5.82 Å². The van der Waals surface area contributed by atoms with Crippen LogP contribution in [0.3, 0.4) is 0 Å². The Labute approximate surface area is 96.7 Å². The maximum atomic E-state index is 5.55. The Morgan fingerprint density at radius 1 is 1.60 bits per heavy atom. The molecule has 1 aliphatic heterocycles. The van der Waals surface area contributed by atoms with Gasteiger partial charge in [-0.05, 0) is 5.21 Å². The average Bonchev–Trinajstić information content (AvgIpc) is 2.64. The first-order valence-electron chi connectivity index (χ1n) is 4.90. The van der Waals surface area contributed by atoms with Crippen LogP contribution in [-0.4, -0.2) is 56.2 Å². The fourth-order valence-corrected chi connectivity index (χ4v) is 2.00. The molecule has 1 unspecified atom stereocenters. The molecule has 0 spiro atoms. The van der Waals surface area contributed by atoms with Crippen molar-refractivity contribution in [1.82, 2.24) is 25.1 Å². The van der Waals surface area contributed by atoms with Crippen molar-refractivity contribution in [2.75, 3.05) is 25.0 Å². The summed E-state index contributed by atoms with van der Waals surface area (Å²) in [7, 11) is 1.77. The van der Waals surface area contributed by atoms with E-state index in [1.54, 1.807) is 7.05 Å². The van der Waals surface area contributed by atoms with Crippen LogP contribution in [-0.2, 0) is 18.3 Å². The number of aryl methyl sites for hydroxylation is 1. The lowest BCUT2D eigenvalue weighted by atomic mass is 10.3. The molecule has 1 fully saturated rings. The SMILES string of the molecule is Cn1nnc(CN2CCOC(CBr)C2)n1. The summed E-state index contributed by atoms with van der Waals surface area (Å²) in [5, 5.41) is 12.8. The van der Waals surface area contributed by atoms with E-state index in [1.807, 2.05) is 0 Å². The third-order valence-electron chi connectivity index (χ3n) is 2.31. The molecule has 1 atom stereocenters. The summed E-state index contributed by atoms with van der Waals surface area (Å²) in [6, 6.07) is 0. The minimum atomic E-state index is 0.274. The van der Waals surface area contributed by atoms with Gasteiger partial charge in [0.05, 0.1) is 26.3 Å². The molecule has 84 valence electrons. The second-order valence-corrected chi connectivity index (χ2v) is 4.22. The van der Waals surface area contributed by atoms with Gasteiger partial charge in [-0.25, -0.2) is 0 Å². The number of rotatable bonds is 3. The number of alkyl halides is 1. The number of nitrogens with zero attached hydrogens (tertiary/aromatic N) is 5. The van der Waals surface area contributed by atoms with Crippen molar-refractivity contribution >= 4 is 15.9 Å². The van der Waals surface area contributed by atoms with Crippen LogP contribution in [0.25, 0.3) is 0 Å². The van der Waals surface area contributed by atoms with Gasteiger partial charge in [0.1, 0.15) is 0 Å². The largest absolute Gasteiger partial charge is 0.375 e. The lowest BCUT2D eigenvalue weighted by Gasteiger charge is -2.30. The number of aromatic nitrogens is 4. The molecular weight excluding hydrogens is 262 g/mol. The second-order valence-electron chi connectivity index (χ2n) is 3.58. The predicted octanol–water partition coefficient (Wildman–Crippen LogP) is -0.194. The summed E-state index contributed by atoms with van der Waals surface area (Å²) < 4.78 is 5.55. The predicted molar refractivity (Wildman–Crippen MR) is 57.6 cm³/mol. The normalized spacial score (nSPS) is 23.2. The number of hydrogen-bond acceptors (Lipinski definition) is 5. The molecule has 0 aromatic carbocycles. The first kappa shape index (κ1) is 11.0. The number of hydrogen-bond donors (Lipinski definition) is 0. The van der Waals surface area contributed by atoms with Crippen LogP contribution in [0.5, 0.6) is 0 Å². The van der Waals surface area contributed by atoms with Crippen molar-refractivity contribution in [3.8, 4) is 0 Å². The van der Waals surface area contributed by atoms with E-state index in [9.17, 15) is 0 Å². The fourth-order valence-electron chi connectivity index (χ4n) is 1.60. The summed E-state index contributed by atoms with van der Waals surface area (Å²) in [6.45, 7) is 3.38. The molecule has 0 amide bonds. The van der Waals surface area contributed by atoms with E-state index in [4.69, 9.17) is 4.74 Å². The Bertz CT molecular complexity index is 318. The highest BCUT2D eigenvalue weighted by atomic mass is 79.9. The van der Waals surface area contributed by atoms with Crippen molar-refractivity contribution < 1.29 is 4.74 Å². The maximum absolute atomic E-state index is 5.55. The standard InChI is InChI=1S/C8H14BrN5O/c1-13-11-8(10-12-13)6-14-2-3-15-7(4-9)5-14/h7H,2-6H2,1H3. The van der Waals surface area contributed by atoms with E-state index < -0.39 is 0 Å². The van der Waals surface area contributed by atoms with Gasteiger partial charge >= 0.3 is 0 Å². The van der Waals surface area contributed by atoms with Crippen molar-refractivity contribution in [2.24, 2.45) is 7.05 Å². The molecular formula is C8H14BrN5O. The first-order valence-corrected chi connectivity index (χ1v) is 6.03. The molecule has 1 aromatic heterocycles. The van der Waals surface area contributed by atoms with Gasteiger partial charge in [0.2, 0.25) is 0 Å². The van der Waals surface area contributed by atoms with E-state index in [-0.39, 0.29) is 6.10 Å². The third kappa shape index (κ3) is 2.96. The minimum Gasteiger partial charge on any atom is -0.375 e. The van der Waals surface area contributed by atoms with Gasteiger partial charge in [0, 0.05) is 18.4 Å². The zero-order valence-corrected chi connectivity index (χ0v) is 10.2. The molecule has 1 aliphatic rings.